The first-order chi connectivity index (χ1) is 10.3. The van der Waals surface area contributed by atoms with Gasteiger partial charge in [0.1, 0.15) is 5.15 Å². The number of rotatable bonds is 1. The predicted molar refractivity (Wildman–Crippen MR) is 85.3 cm³/mol. The molecule has 0 aliphatic rings. The smallest absolute Gasteiger partial charge is 0.129 e. The Labute approximate surface area is 126 Å². The van der Waals surface area contributed by atoms with E-state index in [1.807, 2.05) is 30.3 Å². The van der Waals surface area contributed by atoms with Crippen LogP contribution in [0.4, 0.5) is 0 Å². The monoisotopic (exact) mass is 291 g/mol. The fourth-order valence-corrected chi connectivity index (χ4v) is 2.57. The lowest BCUT2D eigenvalue weighted by Gasteiger charge is -2.06. The molecule has 4 aromatic rings. The molecule has 0 spiro atoms. The fraction of sp³-hybridized carbons (Fsp3) is 0. The SMILES string of the molecule is Clc1ccc2ccc3ccc(-c4ccncc4)nc3c2n1. The minimum atomic E-state index is 0.478. The van der Waals surface area contributed by atoms with E-state index in [4.69, 9.17) is 16.6 Å². The van der Waals surface area contributed by atoms with Gasteiger partial charge in [0, 0.05) is 28.7 Å². The molecule has 1 aromatic carbocycles. The topological polar surface area (TPSA) is 38.7 Å². The third kappa shape index (κ3) is 2.12. The van der Waals surface area contributed by atoms with Crippen LogP contribution >= 0.6 is 11.6 Å². The summed E-state index contributed by atoms with van der Waals surface area (Å²) in [4.78, 5) is 13.2. The van der Waals surface area contributed by atoms with Gasteiger partial charge in [0.05, 0.1) is 16.7 Å². The highest BCUT2D eigenvalue weighted by atomic mass is 35.5. The van der Waals surface area contributed by atoms with Crippen LogP contribution in [0.25, 0.3) is 33.1 Å². The third-order valence-electron chi connectivity index (χ3n) is 3.46. The van der Waals surface area contributed by atoms with Gasteiger partial charge in [-0.1, -0.05) is 29.8 Å². The molecule has 4 heteroatoms. The number of hydrogen-bond acceptors (Lipinski definition) is 3. The summed E-state index contributed by atoms with van der Waals surface area (Å²) in [5.74, 6) is 0. The maximum absolute atomic E-state index is 6.03. The zero-order valence-electron chi connectivity index (χ0n) is 11.0. The number of hydrogen-bond donors (Lipinski definition) is 0. The molecule has 0 saturated carbocycles. The zero-order valence-corrected chi connectivity index (χ0v) is 11.7. The molecule has 21 heavy (non-hydrogen) atoms. The number of fused-ring (bicyclic) bond motifs is 3. The maximum atomic E-state index is 6.03. The number of halogens is 1. The molecule has 0 bridgehead atoms. The summed E-state index contributed by atoms with van der Waals surface area (Å²) in [5.41, 5.74) is 3.63. The van der Waals surface area contributed by atoms with E-state index < -0.39 is 0 Å². The van der Waals surface area contributed by atoms with Crippen LogP contribution in [0.2, 0.25) is 5.15 Å². The van der Waals surface area contributed by atoms with Crippen LogP contribution < -0.4 is 0 Å². The Kier molecular flexibility index (Phi) is 2.79. The molecule has 0 fully saturated rings. The van der Waals surface area contributed by atoms with Crippen molar-refractivity contribution in [2.24, 2.45) is 0 Å². The first-order valence-electron chi connectivity index (χ1n) is 6.58. The number of benzene rings is 1. The van der Waals surface area contributed by atoms with E-state index in [1.54, 1.807) is 18.5 Å². The molecule has 0 atom stereocenters. The van der Waals surface area contributed by atoms with E-state index in [2.05, 4.69) is 22.1 Å². The van der Waals surface area contributed by atoms with Crippen LogP contribution in [0.1, 0.15) is 0 Å². The lowest BCUT2D eigenvalue weighted by atomic mass is 10.1. The van der Waals surface area contributed by atoms with Crippen molar-refractivity contribution in [3.05, 3.63) is 66.1 Å². The van der Waals surface area contributed by atoms with Gasteiger partial charge in [-0.25, -0.2) is 9.97 Å². The second-order valence-electron chi connectivity index (χ2n) is 4.78. The highest BCUT2D eigenvalue weighted by Crippen LogP contribution is 2.26. The van der Waals surface area contributed by atoms with E-state index in [0.29, 0.717) is 5.15 Å². The molecule has 0 amide bonds. The average molecular weight is 292 g/mol. The first kappa shape index (κ1) is 12.2. The lowest BCUT2D eigenvalue weighted by molar-refractivity contribution is 1.31. The van der Waals surface area contributed by atoms with E-state index in [-0.39, 0.29) is 0 Å². The number of nitrogens with zero attached hydrogens (tertiary/aromatic N) is 3. The van der Waals surface area contributed by atoms with Crippen molar-refractivity contribution in [2.45, 2.75) is 0 Å². The Bertz CT molecular complexity index is 952. The molecular formula is C17H10ClN3. The Morgan fingerprint density at radius 2 is 1.29 bits per heavy atom. The minimum absolute atomic E-state index is 0.478. The van der Waals surface area contributed by atoms with Crippen LogP contribution in [-0.4, -0.2) is 15.0 Å². The molecule has 0 unspecified atom stereocenters. The predicted octanol–water partition coefficient (Wildman–Crippen LogP) is 4.50. The van der Waals surface area contributed by atoms with E-state index in [0.717, 1.165) is 33.1 Å². The van der Waals surface area contributed by atoms with Crippen LogP contribution in [0.5, 0.6) is 0 Å². The van der Waals surface area contributed by atoms with Gasteiger partial charge >= 0.3 is 0 Å². The van der Waals surface area contributed by atoms with Crippen molar-refractivity contribution in [1.29, 1.82) is 0 Å². The lowest BCUT2D eigenvalue weighted by Crippen LogP contribution is -1.89. The molecule has 0 N–H and O–H groups in total. The number of aromatic nitrogens is 3. The summed E-state index contributed by atoms with van der Waals surface area (Å²) >= 11 is 6.03. The Hall–Kier alpha value is -2.52. The van der Waals surface area contributed by atoms with Gasteiger partial charge in [0.15, 0.2) is 0 Å². The van der Waals surface area contributed by atoms with Crippen molar-refractivity contribution < 1.29 is 0 Å². The Morgan fingerprint density at radius 1 is 0.667 bits per heavy atom. The Balaban J connectivity index is 2.05. The van der Waals surface area contributed by atoms with Gasteiger partial charge in [0.2, 0.25) is 0 Å². The second-order valence-corrected chi connectivity index (χ2v) is 5.16. The zero-order chi connectivity index (χ0) is 14.2. The second kappa shape index (κ2) is 4.79. The largest absolute Gasteiger partial charge is 0.265 e. The van der Waals surface area contributed by atoms with Gasteiger partial charge in [-0.15, -0.1) is 0 Å². The summed E-state index contributed by atoms with van der Waals surface area (Å²) in [6.07, 6.45) is 3.53. The van der Waals surface area contributed by atoms with Gasteiger partial charge in [-0.3, -0.25) is 4.98 Å². The van der Waals surface area contributed by atoms with Gasteiger partial charge in [0.25, 0.3) is 0 Å². The van der Waals surface area contributed by atoms with Crippen LogP contribution in [-0.2, 0) is 0 Å². The molecule has 4 rings (SSSR count). The third-order valence-corrected chi connectivity index (χ3v) is 3.67. The summed E-state index contributed by atoms with van der Waals surface area (Å²) in [6.45, 7) is 0. The molecule has 3 heterocycles. The molecule has 0 radical (unpaired) electrons. The first-order valence-corrected chi connectivity index (χ1v) is 6.95. The van der Waals surface area contributed by atoms with Crippen molar-refractivity contribution in [1.82, 2.24) is 15.0 Å². The van der Waals surface area contributed by atoms with Crippen molar-refractivity contribution in [2.75, 3.05) is 0 Å². The summed E-state index contributed by atoms with van der Waals surface area (Å²) in [7, 11) is 0. The number of pyridine rings is 3. The van der Waals surface area contributed by atoms with Crippen LogP contribution in [0.3, 0.4) is 0 Å². The molecule has 3 aromatic heterocycles. The standard InChI is InChI=1S/C17H10ClN3/c18-15-6-4-13-2-1-12-3-5-14(11-7-9-19-10-8-11)20-16(12)17(13)21-15/h1-10H. The normalized spacial score (nSPS) is 11.1. The highest BCUT2D eigenvalue weighted by molar-refractivity contribution is 6.30. The van der Waals surface area contributed by atoms with E-state index >= 15 is 0 Å². The van der Waals surface area contributed by atoms with Gasteiger partial charge in [-0.05, 0) is 30.3 Å². The summed E-state index contributed by atoms with van der Waals surface area (Å²) in [6, 6.07) is 15.8. The van der Waals surface area contributed by atoms with Gasteiger partial charge in [-0.2, -0.15) is 0 Å². The van der Waals surface area contributed by atoms with Gasteiger partial charge < -0.3 is 0 Å². The molecular weight excluding hydrogens is 282 g/mol. The minimum Gasteiger partial charge on any atom is -0.265 e. The van der Waals surface area contributed by atoms with Crippen molar-refractivity contribution >= 4 is 33.4 Å². The molecule has 0 saturated heterocycles. The molecule has 0 aliphatic carbocycles. The highest BCUT2D eigenvalue weighted by Gasteiger charge is 2.06. The summed E-state index contributed by atoms with van der Waals surface area (Å²) in [5, 5.41) is 2.56. The molecule has 0 aliphatic heterocycles. The maximum Gasteiger partial charge on any atom is 0.129 e. The van der Waals surface area contributed by atoms with Crippen molar-refractivity contribution in [3.63, 3.8) is 0 Å². The molecule has 3 nitrogen and oxygen atoms in total. The average Bonchev–Trinajstić information content (AvgIpc) is 2.55. The summed E-state index contributed by atoms with van der Waals surface area (Å²) < 4.78 is 0. The quantitative estimate of drug-likeness (QED) is 0.383. The van der Waals surface area contributed by atoms with E-state index in [9.17, 15) is 0 Å². The van der Waals surface area contributed by atoms with Crippen LogP contribution in [0, 0.1) is 0 Å². The fourth-order valence-electron chi connectivity index (χ4n) is 2.43. The molecule has 100 valence electrons. The Morgan fingerprint density at radius 3 is 2.05 bits per heavy atom. The van der Waals surface area contributed by atoms with Crippen molar-refractivity contribution in [3.8, 4) is 11.3 Å². The van der Waals surface area contributed by atoms with Crippen LogP contribution in [0.15, 0.2) is 60.9 Å². The van der Waals surface area contributed by atoms with E-state index in [1.165, 1.54) is 0 Å².